The summed E-state index contributed by atoms with van der Waals surface area (Å²) < 4.78 is 11.0. The van der Waals surface area contributed by atoms with Gasteiger partial charge in [0.1, 0.15) is 17.9 Å². The van der Waals surface area contributed by atoms with E-state index in [0.29, 0.717) is 17.9 Å². The second-order valence-corrected chi connectivity index (χ2v) is 5.37. The first-order chi connectivity index (χ1) is 10.7. The van der Waals surface area contributed by atoms with Crippen LogP contribution in [0.5, 0.6) is 5.75 Å². The molecule has 112 valence electrons. The van der Waals surface area contributed by atoms with E-state index in [-0.39, 0.29) is 5.63 Å². The average Bonchev–Trinajstić information content (AvgIpc) is 2.53. The fourth-order valence-electron chi connectivity index (χ4n) is 2.43. The molecule has 3 aromatic rings. The summed E-state index contributed by atoms with van der Waals surface area (Å²) in [7, 11) is 0. The molecule has 0 radical (unpaired) electrons. The maximum absolute atomic E-state index is 11.4. The van der Waals surface area contributed by atoms with Crippen molar-refractivity contribution in [1.29, 1.82) is 0 Å². The normalized spacial score (nSPS) is 10.8. The highest BCUT2D eigenvalue weighted by molar-refractivity contribution is 5.81. The third-order valence-corrected chi connectivity index (χ3v) is 3.76. The predicted molar refractivity (Wildman–Crippen MR) is 87.4 cm³/mol. The van der Waals surface area contributed by atoms with Crippen molar-refractivity contribution in [3.05, 3.63) is 75.6 Å². The zero-order valence-electron chi connectivity index (χ0n) is 12.8. The van der Waals surface area contributed by atoms with E-state index in [9.17, 15) is 4.79 Å². The molecule has 1 heterocycles. The molecule has 0 saturated carbocycles. The molecule has 0 fully saturated rings. The molecule has 0 spiro atoms. The fraction of sp³-hybridized carbons (Fsp3) is 0.211. The number of rotatable bonds is 4. The lowest BCUT2D eigenvalue weighted by Gasteiger charge is -2.08. The molecule has 3 rings (SSSR count). The molecule has 1 aromatic heterocycles. The highest BCUT2D eigenvalue weighted by atomic mass is 16.5. The minimum atomic E-state index is -0.336. The van der Waals surface area contributed by atoms with Crippen molar-refractivity contribution in [3.63, 3.8) is 0 Å². The molecule has 0 aliphatic heterocycles. The first kappa shape index (κ1) is 14.4. The number of ether oxygens (including phenoxy) is 1. The van der Waals surface area contributed by atoms with E-state index >= 15 is 0 Å². The Bertz CT molecular complexity index is 845. The Labute approximate surface area is 129 Å². The van der Waals surface area contributed by atoms with Crippen molar-refractivity contribution in [3.8, 4) is 5.75 Å². The van der Waals surface area contributed by atoms with Gasteiger partial charge in [0, 0.05) is 17.5 Å². The molecule has 3 nitrogen and oxygen atoms in total. The number of fused-ring (bicyclic) bond motifs is 1. The van der Waals surface area contributed by atoms with Gasteiger partial charge < -0.3 is 9.15 Å². The molecule has 0 amide bonds. The van der Waals surface area contributed by atoms with Gasteiger partial charge in [-0.3, -0.25) is 0 Å². The Hall–Kier alpha value is -2.55. The van der Waals surface area contributed by atoms with E-state index in [0.717, 1.165) is 22.9 Å². The standard InChI is InChI=1S/C19H18O3/c1-3-14-4-6-15(7-5-14)12-21-16-8-9-17-13(2)10-19(20)22-18(17)11-16/h4-11H,3,12H2,1-2H3. The molecule has 22 heavy (non-hydrogen) atoms. The van der Waals surface area contributed by atoms with Gasteiger partial charge in [-0.05, 0) is 42.2 Å². The highest BCUT2D eigenvalue weighted by Gasteiger charge is 2.04. The summed E-state index contributed by atoms with van der Waals surface area (Å²) in [4.78, 5) is 11.4. The van der Waals surface area contributed by atoms with Crippen LogP contribution in [-0.4, -0.2) is 0 Å². The molecule has 0 bridgehead atoms. The van der Waals surface area contributed by atoms with Crippen LogP contribution in [0.15, 0.2) is 57.7 Å². The lowest BCUT2D eigenvalue weighted by atomic mass is 10.1. The minimum absolute atomic E-state index is 0.336. The van der Waals surface area contributed by atoms with E-state index in [2.05, 4.69) is 31.2 Å². The summed E-state index contributed by atoms with van der Waals surface area (Å²) >= 11 is 0. The zero-order valence-corrected chi connectivity index (χ0v) is 12.8. The summed E-state index contributed by atoms with van der Waals surface area (Å²) in [5.74, 6) is 0.695. The van der Waals surface area contributed by atoms with E-state index in [1.165, 1.54) is 11.6 Å². The quantitative estimate of drug-likeness (QED) is 0.675. The Morgan fingerprint density at radius 2 is 1.73 bits per heavy atom. The molecule has 0 N–H and O–H groups in total. The van der Waals surface area contributed by atoms with Crippen molar-refractivity contribution in [1.82, 2.24) is 0 Å². The molecule has 2 aromatic carbocycles. The summed E-state index contributed by atoms with van der Waals surface area (Å²) in [6.45, 7) is 4.52. The van der Waals surface area contributed by atoms with Gasteiger partial charge in [0.05, 0.1) is 0 Å². The van der Waals surface area contributed by atoms with Crippen LogP contribution >= 0.6 is 0 Å². The topological polar surface area (TPSA) is 39.4 Å². The molecule has 0 saturated heterocycles. The molecule has 3 heteroatoms. The number of hydrogen-bond acceptors (Lipinski definition) is 3. The number of aryl methyl sites for hydroxylation is 2. The van der Waals surface area contributed by atoms with Gasteiger partial charge >= 0.3 is 5.63 Å². The van der Waals surface area contributed by atoms with Gasteiger partial charge in [0.2, 0.25) is 0 Å². The first-order valence-electron chi connectivity index (χ1n) is 7.41. The average molecular weight is 294 g/mol. The Balaban J connectivity index is 1.80. The third kappa shape index (κ3) is 3.03. The van der Waals surface area contributed by atoms with Crippen LogP contribution in [0.4, 0.5) is 0 Å². The van der Waals surface area contributed by atoms with Crippen molar-refractivity contribution in [2.24, 2.45) is 0 Å². The van der Waals surface area contributed by atoms with Crippen molar-refractivity contribution < 1.29 is 9.15 Å². The molecular weight excluding hydrogens is 276 g/mol. The predicted octanol–water partition coefficient (Wildman–Crippen LogP) is 4.24. The van der Waals surface area contributed by atoms with Gasteiger partial charge in [0.25, 0.3) is 0 Å². The number of hydrogen-bond donors (Lipinski definition) is 0. The van der Waals surface area contributed by atoms with Gasteiger partial charge in [-0.2, -0.15) is 0 Å². The Morgan fingerprint density at radius 1 is 1.00 bits per heavy atom. The fourth-order valence-corrected chi connectivity index (χ4v) is 2.43. The Morgan fingerprint density at radius 3 is 2.45 bits per heavy atom. The Kier molecular flexibility index (Phi) is 3.96. The van der Waals surface area contributed by atoms with Crippen LogP contribution in [0.25, 0.3) is 11.0 Å². The van der Waals surface area contributed by atoms with Crippen LogP contribution in [0.1, 0.15) is 23.6 Å². The summed E-state index contributed by atoms with van der Waals surface area (Å²) in [6, 6.07) is 15.5. The monoisotopic (exact) mass is 294 g/mol. The first-order valence-corrected chi connectivity index (χ1v) is 7.41. The van der Waals surface area contributed by atoms with Crippen LogP contribution in [-0.2, 0) is 13.0 Å². The van der Waals surface area contributed by atoms with E-state index in [1.54, 1.807) is 6.07 Å². The SMILES string of the molecule is CCc1ccc(COc2ccc3c(C)cc(=O)oc3c2)cc1. The third-order valence-electron chi connectivity index (χ3n) is 3.76. The molecule has 0 aliphatic carbocycles. The lowest BCUT2D eigenvalue weighted by Crippen LogP contribution is -1.99. The zero-order chi connectivity index (χ0) is 15.5. The van der Waals surface area contributed by atoms with Crippen LogP contribution in [0, 0.1) is 6.92 Å². The second-order valence-electron chi connectivity index (χ2n) is 5.37. The molecule has 0 aliphatic rings. The van der Waals surface area contributed by atoms with E-state index in [1.807, 2.05) is 19.1 Å². The maximum atomic E-state index is 11.4. The smallest absolute Gasteiger partial charge is 0.336 e. The molecule has 0 unspecified atom stereocenters. The van der Waals surface area contributed by atoms with Crippen LogP contribution < -0.4 is 10.4 Å². The maximum Gasteiger partial charge on any atom is 0.336 e. The van der Waals surface area contributed by atoms with Gasteiger partial charge in [0.15, 0.2) is 0 Å². The molecular formula is C19H18O3. The second kappa shape index (κ2) is 6.06. The van der Waals surface area contributed by atoms with Crippen molar-refractivity contribution in [2.45, 2.75) is 26.9 Å². The number of benzene rings is 2. The van der Waals surface area contributed by atoms with Crippen LogP contribution in [0.2, 0.25) is 0 Å². The highest BCUT2D eigenvalue weighted by Crippen LogP contribution is 2.23. The van der Waals surface area contributed by atoms with Crippen molar-refractivity contribution >= 4 is 11.0 Å². The summed E-state index contributed by atoms with van der Waals surface area (Å²) in [5.41, 5.74) is 3.56. The van der Waals surface area contributed by atoms with E-state index in [4.69, 9.17) is 9.15 Å². The summed E-state index contributed by atoms with van der Waals surface area (Å²) in [5, 5.41) is 0.930. The van der Waals surface area contributed by atoms with E-state index < -0.39 is 0 Å². The minimum Gasteiger partial charge on any atom is -0.489 e. The van der Waals surface area contributed by atoms with Gasteiger partial charge in [-0.1, -0.05) is 31.2 Å². The van der Waals surface area contributed by atoms with Gasteiger partial charge in [-0.25, -0.2) is 4.79 Å². The van der Waals surface area contributed by atoms with Crippen molar-refractivity contribution in [2.75, 3.05) is 0 Å². The lowest BCUT2D eigenvalue weighted by molar-refractivity contribution is 0.306. The summed E-state index contributed by atoms with van der Waals surface area (Å²) in [6.07, 6.45) is 1.03. The molecule has 0 atom stereocenters. The largest absolute Gasteiger partial charge is 0.489 e. The van der Waals surface area contributed by atoms with Crippen LogP contribution in [0.3, 0.4) is 0 Å². The van der Waals surface area contributed by atoms with Gasteiger partial charge in [-0.15, -0.1) is 0 Å².